The Hall–Kier alpha value is -1.75. The number of nitrogens with two attached hydrogens (primary N) is 1. The number of hydrogen-bond donors (Lipinski definition) is 2. The third kappa shape index (κ3) is 4.63. The predicted octanol–water partition coefficient (Wildman–Crippen LogP) is 2.16. The number of rotatable bonds is 8. The minimum absolute atomic E-state index is 0.0848. The summed E-state index contributed by atoms with van der Waals surface area (Å²) < 4.78 is 10.7. The van der Waals surface area contributed by atoms with Crippen molar-refractivity contribution in [2.24, 2.45) is 0 Å². The molecule has 0 unspecified atom stereocenters. The molecule has 0 aliphatic carbocycles. The second-order valence-corrected chi connectivity index (χ2v) is 3.87. The largest absolute Gasteiger partial charge is 0.491 e. The van der Waals surface area contributed by atoms with Crippen LogP contribution in [0.3, 0.4) is 0 Å². The van der Waals surface area contributed by atoms with Crippen molar-refractivity contribution < 1.29 is 19.4 Å². The molecule has 5 heteroatoms. The quantitative estimate of drug-likeness (QED) is 0.548. The van der Waals surface area contributed by atoms with Crippen molar-refractivity contribution in [1.29, 1.82) is 0 Å². The molecule has 18 heavy (non-hydrogen) atoms. The minimum Gasteiger partial charge on any atom is -0.491 e. The number of unbranched alkanes of at least 4 members (excludes halogenated alkanes) is 1. The van der Waals surface area contributed by atoms with Crippen molar-refractivity contribution >= 4 is 11.7 Å². The maximum atomic E-state index is 10.8. The molecule has 1 aromatic carbocycles. The molecule has 100 valence electrons. The number of nitrogen functional groups attached to an aromatic ring is 1. The van der Waals surface area contributed by atoms with E-state index in [9.17, 15) is 4.79 Å². The number of ether oxygens (including phenoxy) is 2. The van der Waals surface area contributed by atoms with Gasteiger partial charge in [-0.05, 0) is 18.6 Å². The first-order chi connectivity index (χ1) is 8.65. The molecule has 0 spiro atoms. The minimum atomic E-state index is -1.04. The Labute approximate surface area is 107 Å². The van der Waals surface area contributed by atoms with Crippen LogP contribution >= 0.6 is 0 Å². The highest BCUT2D eigenvalue weighted by Crippen LogP contribution is 2.19. The molecule has 1 aromatic rings. The fourth-order valence-electron chi connectivity index (χ4n) is 1.39. The topological polar surface area (TPSA) is 81.8 Å². The SMILES string of the molecule is CCCCOCCOc1ccc(C(=O)O)c(N)c1. The number of carbonyl (C=O) groups is 1. The van der Waals surface area contributed by atoms with Gasteiger partial charge in [0.2, 0.25) is 0 Å². The molecule has 3 N–H and O–H groups in total. The van der Waals surface area contributed by atoms with Crippen LogP contribution in [0.5, 0.6) is 5.75 Å². The molecule has 0 saturated carbocycles. The lowest BCUT2D eigenvalue weighted by molar-refractivity contribution is 0.0698. The van der Waals surface area contributed by atoms with E-state index in [1.165, 1.54) is 12.1 Å². The van der Waals surface area contributed by atoms with E-state index in [1.807, 2.05) is 0 Å². The van der Waals surface area contributed by atoms with E-state index in [4.69, 9.17) is 20.3 Å². The summed E-state index contributed by atoms with van der Waals surface area (Å²) >= 11 is 0. The van der Waals surface area contributed by atoms with Gasteiger partial charge in [0.15, 0.2) is 0 Å². The van der Waals surface area contributed by atoms with Crippen molar-refractivity contribution in [3.8, 4) is 5.75 Å². The lowest BCUT2D eigenvalue weighted by atomic mass is 10.2. The van der Waals surface area contributed by atoms with Crippen LogP contribution < -0.4 is 10.5 Å². The average Bonchev–Trinajstić information content (AvgIpc) is 2.33. The maximum Gasteiger partial charge on any atom is 0.337 e. The number of aromatic carboxylic acids is 1. The van der Waals surface area contributed by atoms with E-state index in [0.29, 0.717) is 19.0 Å². The molecule has 0 amide bonds. The predicted molar refractivity (Wildman–Crippen MR) is 69.0 cm³/mol. The Morgan fingerprint density at radius 2 is 2.11 bits per heavy atom. The zero-order valence-corrected chi connectivity index (χ0v) is 10.5. The van der Waals surface area contributed by atoms with Gasteiger partial charge in [0.25, 0.3) is 0 Å². The third-order valence-electron chi connectivity index (χ3n) is 2.39. The van der Waals surface area contributed by atoms with Gasteiger partial charge in [-0.2, -0.15) is 0 Å². The number of anilines is 1. The molecule has 0 aromatic heterocycles. The summed E-state index contributed by atoms with van der Waals surface area (Å²) in [5.74, 6) is -0.487. The zero-order valence-electron chi connectivity index (χ0n) is 10.5. The van der Waals surface area contributed by atoms with Crippen LogP contribution in [0.15, 0.2) is 18.2 Å². The van der Waals surface area contributed by atoms with Gasteiger partial charge in [0.1, 0.15) is 12.4 Å². The first-order valence-electron chi connectivity index (χ1n) is 5.98. The highest BCUT2D eigenvalue weighted by Gasteiger charge is 2.08. The van der Waals surface area contributed by atoms with Crippen LogP contribution in [0.1, 0.15) is 30.1 Å². The summed E-state index contributed by atoms with van der Waals surface area (Å²) in [6.45, 7) is 3.78. The summed E-state index contributed by atoms with van der Waals surface area (Å²) in [4.78, 5) is 10.8. The monoisotopic (exact) mass is 253 g/mol. The number of benzene rings is 1. The second-order valence-electron chi connectivity index (χ2n) is 3.87. The summed E-state index contributed by atoms with van der Waals surface area (Å²) in [7, 11) is 0. The fourth-order valence-corrected chi connectivity index (χ4v) is 1.39. The van der Waals surface area contributed by atoms with E-state index in [0.717, 1.165) is 19.4 Å². The average molecular weight is 253 g/mol. The van der Waals surface area contributed by atoms with Crippen molar-refractivity contribution in [1.82, 2.24) is 0 Å². The zero-order chi connectivity index (χ0) is 13.4. The summed E-state index contributed by atoms with van der Waals surface area (Å²) in [6, 6.07) is 4.53. The molecule has 0 bridgehead atoms. The van der Waals surface area contributed by atoms with Crippen molar-refractivity contribution in [2.75, 3.05) is 25.6 Å². The van der Waals surface area contributed by atoms with Crippen LogP contribution in [0.25, 0.3) is 0 Å². The van der Waals surface area contributed by atoms with Gasteiger partial charge in [-0.1, -0.05) is 13.3 Å². The van der Waals surface area contributed by atoms with Gasteiger partial charge in [-0.15, -0.1) is 0 Å². The molecule has 0 aliphatic heterocycles. The van der Waals surface area contributed by atoms with Crippen LogP contribution in [0.4, 0.5) is 5.69 Å². The van der Waals surface area contributed by atoms with Crippen molar-refractivity contribution in [3.63, 3.8) is 0 Å². The Morgan fingerprint density at radius 1 is 1.33 bits per heavy atom. The van der Waals surface area contributed by atoms with E-state index >= 15 is 0 Å². The van der Waals surface area contributed by atoms with E-state index in [1.54, 1.807) is 6.07 Å². The molecule has 1 rings (SSSR count). The highest BCUT2D eigenvalue weighted by atomic mass is 16.5. The molecular weight excluding hydrogens is 234 g/mol. The Kier molecular flexibility index (Phi) is 6.00. The Bertz CT molecular complexity index is 393. The second kappa shape index (κ2) is 7.55. The van der Waals surface area contributed by atoms with Gasteiger partial charge < -0.3 is 20.3 Å². The lowest BCUT2D eigenvalue weighted by Gasteiger charge is -2.08. The summed E-state index contributed by atoms with van der Waals surface area (Å²) in [5.41, 5.74) is 5.89. The number of hydrogen-bond acceptors (Lipinski definition) is 4. The molecule has 0 atom stereocenters. The van der Waals surface area contributed by atoms with Gasteiger partial charge in [0.05, 0.1) is 12.2 Å². The van der Waals surface area contributed by atoms with Crippen LogP contribution in [0, 0.1) is 0 Å². The standard InChI is InChI=1S/C13H19NO4/c1-2-3-6-17-7-8-18-10-4-5-11(13(15)16)12(14)9-10/h4-5,9H,2-3,6-8,14H2,1H3,(H,15,16). The van der Waals surface area contributed by atoms with Gasteiger partial charge in [0, 0.05) is 18.4 Å². The summed E-state index contributed by atoms with van der Waals surface area (Å²) in [5, 5.41) is 8.81. The fraction of sp³-hybridized carbons (Fsp3) is 0.462. The number of carboxylic acids is 1. The Morgan fingerprint density at radius 3 is 2.72 bits per heavy atom. The molecule has 0 saturated heterocycles. The summed E-state index contributed by atoms with van der Waals surface area (Å²) in [6.07, 6.45) is 2.15. The molecule has 0 radical (unpaired) electrons. The molecule has 0 heterocycles. The van der Waals surface area contributed by atoms with Gasteiger partial charge in [-0.25, -0.2) is 4.79 Å². The Balaban J connectivity index is 2.35. The maximum absolute atomic E-state index is 10.8. The van der Waals surface area contributed by atoms with E-state index < -0.39 is 5.97 Å². The number of carboxylic acid groups (broad SMARTS) is 1. The van der Waals surface area contributed by atoms with Gasteiger partial charge >= 0.3 is 5.97 Å². The normalized spacial score (nSPS) is 10.3. The van der Waals surface area contributed by atoms with E-state index in [-0.39, 0.29) is 11.3 Å². The van der Waals surface area contributed by atoms with Gasteiger partial charge in [-0.3, -0.25) is 0 Å². The third-order valence-corrected chi connectivity index (χ3v) is 2.39. The smallest absolute Gasteiger partial charge is 0.337 e. The molecule has 0 aliphatic rings. The highest BCUT2D eigenvalue weighted by molar-refractivity contribution is 5.93. The first kappa shape index (κ1) is 14.3. The first-order valence-corrected chi connectivity index (χ1v) is 5.98. The van der Waals surface area contributed by atoms with Crippen LogP contribution in [-0.4, -0.2) is 30.9 Å². The molecular formula is C13H19NO4. The van der Waals surface area contributed by atoms with Crippen LogP contribution in [-0.2, 0) is 4.74 Å². The van der Waals surface area contributed by atoms with Crippen LogP contribution in [0.2, 0.25) is 0 Å². The van der Waals surface area contributed by atoms with E-state index in [2.05, 4.69) is 6.92 Å². The van der Waals surface area contributed by atoms with Crippen molar-refractivity contribution in [3.05, 3.63) is 23.8 Å². The molecule has 5 nitrogen and oxygen atoms in total. The lowest BCUT2D eigenvalue weighted by Crippen LogP contribution is -2.08. The van der Waals surface area contributed by atoms with Crippen molar-refractivity contribution in [2.45, 2.75) is 19.8 Å². The molecule has 0 fully saturated rings.